The Morgan fingerprint density at radius 1 is 1.30 bits per heavy atom. The lowest BCUT2D eigenvalue weighted by molar-refractivity contribution is -0.240. The van der Waals surface area contributed by atoms with Crippen LogP contribution < -0.4 is 15.0 Å². The van der Waals surface area contributed by atoms with Crippen LogP contribution in [-0.2, 0) is 19.1 Å². The van der Waals surface area contributed by atoms with Gasteiger partial charge in [0.05, 0.1) is 12.2 Å². The highest BCUT2D eigenvalue weighted by Gasteiger charge is 2.62. The minimum absolute atomic E-state index is 0.349. The number of anilines is 1. The van der Waals surface area contributed by atoms with E-state index in [1.807, 2.05) is 19.1 Å². The highest BCUT2D eigenvalue weighted by Crippen LogP contribution is 2.43. The van der Waals surface area contributed by atoms with Gasteiger partial charge in [-0.15, -0.1) is 0 Å². The predicted octanol–water partition coefficient (Wildman–Crippen LogP) is -0.0523. The standard InChI is InChI=1S/C15H15N3O5/c1-8-3-4-10-9(7-8)18(2)14-15(22-10,13-16-5-6-17-13)23-12(20)11(19)21-14/h3-4,7,14H,5-6H2,1-2H3,(H,16,17). The molecule has 3 aliphatic heterocycles. The quantitative estimate of drug-likeness (QED) is 0.573. The molecule has 0 saturated carbocycles. The van der Waals surface area contributed by atoms with Crippen LogP contribution in [0.3, 0.4) is 0 Å². The molecule has 2 atom stereocenters. The number of aryl methyl sites for hydroxylation is 1. The van der Waals surface area contributed by atoms with Crippen LogP contribution in [0.5, 0.6) is 5.75 Å². The summed E-state index contributed by atoms with van der Waals surface area (Å²) in [6.45, 7) is 3.08. The monoisotopic (exact) mass is 317 g/mol. The molecular formula is C15H15N3O5. The van der Waals surface area contributed by atoms with Crippen LogP contribution in [0.2, 0.25) is 0 Å². The van der Waals surface area contributed by atoms with Crippen LogP contribution in [0.15, 0.2) is 23.2 Å². The number of nitrogens with zero attached hydrogens (tertiary/aromatic N) is 2. The summed E-state index contributed by atoms with van der Waals surface area (Å²) in [6.07, 6.45) is -0.952. The van der Waals surface area contributed by atoms with Crippen LogP contribution >= 0.6 is 0 Å². The molecule has 8 heteroatoms. The Hall–Kier alpha value is -2.77. The molecule has 1 aromatic carbocycles. The third kappa shape index (κ3) is 1.87. The van der Waals surface area contributed by atoms with E-state index < -0.39 is 24.0 Å². The number of likely N-dealkylation sites (N-methyl/N-ethyl adjacent to an activating group) is 1. The molecule has 4 rings (SSSR count). The topological polar surface area (TPSA) is 89.5 Å². The number of aliphatic imine (C=N–C) groups is 1. The van der Waals surface area contributed by atoms with Crippen molar-refractivity contribution < 1.29 is 23.8 Å². The Kier molecular flexibility index (Phi) is 2.78. The molecule has 3 aliphatic rings. The molecule has 0 aromatic heterocycles. The van der Waals surface area contributed by atoms with Gasteiger partial charge in [-0.25, -0.2) is 9.59 Å². The molecule has 0 amide bonds. The molecule has 1 aromatic rings. The van der Waals surface area contributed by atoms with Crippen molar-refractivity contribution in [2.75, 3.05) is 25.0 Å². The van der Waals surface area contributed by atoms with Crippen LogP contribution in [-0.4, -0.2) is 49.9 Å². The molecule has 0 aliphatic carbocycles. The van der Waals surface area contributed by atoms with E-state index in [2.05, 4.69) is 10.3 Å². The van der Waals surface area contributed by atoms with Crippen molar-refractivity contribution in [1.29, 1.82) is 0 Å². The smallest absolute Gasteiger partial charge is 0.421 e. The number of hydrogen-bond donors (Lipinski definition) is 1. The zero-order valence-corrected chi connectivity index (χ0v) is 12.7. The van der Waals surface area contributed by atoms with Gasteiger partial charge in [-0.05, 0) is 24.6 Å². The van der Waals surface area contributed by atoms with E-state index in [9.17, 15) is 9.59 Å². The van der Waals surface area contributed by atoms with Crippen molar-refractivity contribution in [2.24, 2.45) is 4.99 Å². The van der Waals surface area contributed by atoms with Crippen molar-refractivity contribution in [1.82, 2.24) is 5.32 Å². The third-order valence-electron chi connectivity index (χ3n) is 4.07. The van der Waals surface area contributed by atoms with Crippen molar-refractivity contribution in [2.45, 2.75) is 18.9 Å². The number of carbonyl (C=O) groups excluding carboxylic acids is 2. The molecule has 1 saturated heterocycles. The minimum Gasteiger partial charge on any atom is -0.439 e. The zero-order valence-electron chi connectivity index (χ0n) is 12.7. The van der Waals surface area contributed by atoms with Gasteiger partial charge in [-0.2, -0.15) is 0 Å². The van der Waals surface area contributed by atoms with Crippen LogP contribution in [0.4, 0.5) is 5.69 Å². The molecule has 23 heavy (non-hydrogen) atoms. The van der Waals surface area contributed by atoms with Crippen molar-refractivity contribution in [3.05, 3.63) is 23.8 Å². The SMILES string of the molecule is Cc1ccc2c(c1)N(C)C1OC(=O)C(=O)OC1(C1=NCCN1)O2. The molecule has 3 heterocycles. The van der Waals surface area contributed by atoms with Gasteiger partial charge >= 0.3 is 17.7 Å². The van der Waals surface area contributed by atoms with Gasteiger partial charge < -0.3 is 24.4 Å². The molecule has 1 fully saturated rings. The molecule has 8 nitrogen and oxygen atoms in total. The predicted molar refractivity (Wildman–Crippen MR) is 79.2 cm³/mol. The molecule has 120 valence electrons. The zero-order chi connectivity index (χ0) is 16.2. The number of carbonyl (C=O) groups is 2. The fraction of sp³-hybridized carbons (Fsp3) is 0.400. The second-order valence-electron chi connectivity index (χ2n) is 5.66. The average molecular weight is 317 g/mol. The normalized spacial score (nSPS) is 28.7. The molecule has 2 unspecified atom stereocenters. The van der Waals surface area contributed by atoms with E-state index in [4.69, 9.17) is 14.2 Å². The molecular weight excluding hydrogens is 302 g/mol. The number of nitrogens with one attached hydrogen (secondary N) is 1. The molecule has 0 bridgehead atoms. The van der Waals surface area contributed by atoms with E-state index in [1.54, 1.807) is 18.0 Å². The lowest BCUT2D eigenvalue weighted by Crippen LogP contribution is -2.71. The van der Waals surface area contributed by atoms with Gasteiger partial charge in [-0.3, -0.25) is 4.99 Å². The Labute approximate surface area is 132 Å². The van der Waals surface area contributed by atoms with Crippen molar-refractivity contribution in [3.8, 4) is 5.75 Å². The highest BCUT2D eigenvalue weighted by molar-refractivity contribution is 6.31. The summed E-state index contributed by atoms with van der Waals surface area (Å²) in [4.78, 5) is 29.5. The van der Waals surface area contributed by atoms with E-state index >= 15 is 0 Å². The third-order valence-corrected chi connectivity index (χ3v) is 4.07. The van der Waals surface area contributed by atoms with Crippen molar-refractivity contribution in [3.63, 3.8) is 0 Å². The van der Waals surface area contributed by atoms with Gasteiger partial charge in [0.25, 0.3) is 6.23 Å². The molecule has 1 N–H and O–H groups in total. The number of hydrogen-bond acceptors (Lipinski definition) is 8. The minimum atomic E-state index is -1.61. The maximum atomic E-state index is 11.8. The fourth-order valence-electron chi connectivity index (χ4n) is 2.99. The maximum Gasteiger partial charge on any atom is 0.421 e. The molecule has 0 radical (unpaired) electrons. The van der Waals surface area contributed by atoms with Gasteiger partial charge in [0.1, 0.15) is 5.75 Å². The lowest BCUT2D eigenvalue weighted by Gasteiger charge is -2.48. The molecule has 0 spiro atoms. The number of esters is 2. The summed E-state index contributed by atoms with van der Waals surface area (Å²) in [5.41, 5.74) is 1.78. The summed E-state index contributed by atoms with van der Waals surface area (Å²) >= 11 is 0. The first-order valence-electron chi connectivity index (χ1n) is 7.26. The van der Waals surface area contributed by atoms with Crippen LogP contribution in [0, 0.1) is 6.92 Å². The highest BCUT2D eigenvalue weighted by atomic mass is 16.8. The van der Waals surface area contributed by atoms with Gasteiger partial charge in [0.2, 0.25) is 0 Å². The fourth-order valence-corrected chi connectivity index (χ4v) is 2.99. The van der Waals surface area contributed by atoms with Gasteiger partial charge in [-0.1, -0.05) is 6.07 Å². The number of ether oxygens (including phenoxy) is 3. The average Bonchev–Trinajstić information content (AvgIpc) is 3.06. The van der Waals surface area contributed by atoms with Crippen molar-refractivity contribution >= 4 is 23.5 Å². The summed E-state index contributed by atoms with van der Waals surface area (Å²) < 4.78 is 16.7. The summed E-state index contributed by atoms with van der Waals surface area (Å²) in [6, 6.07) is 5.59. The second-order valence-corrected chi connectivity index (χ2v) is 5.66. The van der Waals surface area contributed by atoms with Crippen LogP contribution in [0.25, 0.3) is 0 Å². The lowest BCUT2D eigenvalue weighted by atomic mass is 10.1. The second kappa shape index (κ2) is 4.61. The Morgan fingerprint density at radius 3 is 2.87 bits per heavy atom. The number of benzene rings is 1. The van der Waals surface area contributed by atoms with Gasteiger partial charge in [0.15, 0.2) is 5.84 Å². The maximum absolute atomic E-state index is 11.8. The number of amidine groups is 1. The van der Waals surface area contributed by atoms with Gasteiger partial charge in [0, 0.05) is 13.6 Å². The van der Waals surface area contributed by atoms with Crippen LogP contribution in [0.1, 0.15) is 5.56 Å². The largest absolute Gasteiger partial charge is 0.439 e. The van der Waals surface area contributed by atoms with E-state index in [0.717, 1.165) is 11.3 Å². The van der Waals surface area contributed by atoms with E-state index in [0.29, 0.717) is 24.7 Å². The first kappa shape index (κ1) is 13.9. The number of fused-ring (bicyclic) bond motifs is 2. The Morgan fingerprint density at radius 2 is 2.13 bits per heavy atom. The summed E-state index contributed by atoms with van der Waals surface area (Å²) in [5, 5.41) is 3.04. The van der Waals surface area contributed by atoms with E-state index in [-0.39, 0.29) is 0 Å². The first-order valence-corrected chi connectivity index (χ1v) is 7.26. The number of rotatable bonds is 1. The first-order chi connectivity index (χ1) is 11.0. The summed E-state index contributed by atoms with van der Waals surface area (Å²) in [7, 11) is 1.75. The Bertz CT molecular complexity index is 747. The summed E-state index contributed by atoms with van der Waals surface area (Å²) in [5.74, 6) is -2.88. The Balaban J connectivity index is 1.87. The van der Waals surface area contributed by atoms with E-state index in [1.165, 1.54) is 0 Å².